The van der Waals surface area contributed by atoms with Gasteiger partial charge in [-0.15, -0.1) is 0 Å². The molecular formula is C13H22N2O3. The molecule has 2 amide bonds. The van der Waals surface area contributed by atoms with Gasteiger partial charge in [-0.1, -0.05) is 13.8 Å². The van der Waals surface area contributed by atoms with Gasteiger partial charge >= 0.3 is 0 Å². The highest BCUT2D eigenvalue weighted by atomic mass is 16.5. The molecule has 0 radical (unpaired) electrons. The van der Waals surface area contributed by atoms with E-state index in [9.17, 15) is 9.59 Å². The molecule has 0 aromatic rings. The molecule has 102 valence electrons. The van der Waals surface area contributed by atoms with E-state index >= 15 is 0 Å². The van der Waals surface area contributed by atoms with E-state index in [1.165, 1.54) is 0 Å². The van der Waals surface area contributed by atoms with Crippen LogP contribution in [-0.2, 0) is 14.3 Å². The third kappa shape index (κ3) is 2.66. The smallest absolute Gasteiger partial charge is 0.243 e. The summed E-state index contributed by atoms with van der Waals surface area (Å²) in [6.07, 6.45) is 2.35. The Morgan fingerprint density at radius 1 is 1.39 bits per heavy atom. The molecule has 5 nitrogen and oxygen atoms in total. The molecule has 2 aliphatic heterocycles. The van der Waals surface area contributed by atoms with Crippen LogP contribution in [0.25, 0.3) is 0 Å². The number of piperazine rings is 1. The quantitative estimate of drug-likeness (QED) is 0.799. The number of ether oxygens (including phenoxy) is 1. The highest BCUT2D eigenvalue weighted by Gasteiger charge is 2.38. The fourth-order valence-corrected chi connectivity index (χ4v) is 2.78. The molecule has 1 N–H and O–H groups in total. The zero-order valence-corrected chi connectivity index (χ0v) is 11.3. The minimum Gasteiger partial charge on any atom is -0.373 e. The first kappa shape index (κ1) is 13.3. The van der Waals surface area contributed by atoms with Gasteiger partial charge in [0.05, 0.1) is 18.8 Å². The summed E-state index contributed by atoms with van der Waals surface area (Å²) in [7, 11) is 0. The standard InChI is InChI=1S/C13H22N2O3/c1-8(2)12-13(17)14-6-11(16)15(12)7-10-5-4-9(3)18-10/h8-10,12H,4-7H2,1-3H3,(H,14,17). The van der Waals surface area contributed by atoms with Crippen LogP contribution in [0.3, 0.4) is 0 Å². The number of rotatable bonds is 3. The average Bonchev–Trinajstić information content (AvgIpc) is 2.69. The van der Waals surface area contributed by atoms with Crippen molar-refractivity contribution in [3.63, 3.8) is 0 Å². The minimum atomic E-state index is -0.356. The van der Waals surface area contributed by atoms with Crippen molar-refractivity contribution in [2.45, 2.75) is 51.9 Å². The molecule has 2 heterocycles. The normalized spacial score (nSPS) is 33.1. The third-order valence-electron chi connectivity index (χ3n) is 3.69. The van der Waals surface area contributed by atoms with Crippen LogP contribution in [-0.4, -0.2) is 48.1 Å². The van der Waals surface area contributed by atoms with E-state index in [0.717, 1.165) is 12.8 Å². The van der Waals surface area contributed by atoms with Crippen LogP contribution in [0.2, 0.25) is 0 Å². The Hall–Kier alpha value is -1.10. The highest BCUT2D eigenvalue weighted by molar-refractivity contribution is 5.95. The van der Waals surface area contributed by atoms with E-state index in [-0.39, 0.29) is 42.5 Å². The van der Waals surface area contributed by atoms with Crippen LogP contribution in [0.1, 0.15) is 33.6 Å². The van der Waals surface area contributed by atoms with E-state index in [4.69, 9.17) is 4.74 Å². The predicted octanol–water partition coefficient (Wildman–Crippen LogP) is 0.537. The van der Waals surface area contributed by atoms with Crippen LogP contribution >= 0.6 is 0 Å². The summed E-state index contributed by atoms with van der Waals surface area (Å²) in [5.74, 6) is 0.0696. The van der Waals surface area contributed by atoms with Gasteiger partial charge in [-0.2, -0.15) is 0 Å². The van der Waals surface area contributed by atoms with Gasteiger partial charge in [0.25, 0.3) is 0 Å². The molecule has 5 heteroatoms. The average molecular weight is 254 g/mol. The number of hydrogen-bond acceptors (Lipinski definition) is 3. The lowest BCUT2D eigenvalue weighted by atomic mass is 9.98. The topological polar surface area (TPSA) is 58.6 Å². The van der Waals surface area contributed by atoms with Crippen LogP contribution < -0.4 is 5.32 Å². The van der Waals surface area contributed by atoms with Crippen molar-refractivity contribution in [1.82, 2.24) is 10.2 Å². The van der Waals surface area contributed by atoms with E-state index in [1.807, 2.05) is 20.8 Å². The molecule has 3 unspecified atom stereocenters. The Kier molecular flexibility index (Phi) is 3.90. The lowest BCUT2D eigenvalue weighted by Gasteiger charge is -2.38. The summed E-state index contributed by atoms with van der Waals surface area (Å²) in [5, 5.41) is 2.66. The number of amides is 2. The SMILES string of the molecule is CC1CCC(CN2C(=O)CNC(=O)C2C(C)C)O1. The van der Waals surface area contributed by atoms with Gasteiger partial charge in [0.15, 0.2) is 0 Å². The zero-order chi connectivity index (χ0) is 13.3. The van der Waals surface area contributed by atoms with Crippen LogP contribution in [0.5, 0.6) is 0 Å². The predicted molar refractivity (Wildman–Crippen MR) is 66.9 cm³/mol. The Morgan fingerprint density at radius 2 is 2.11 bits per heavy atom. The third-order valence-corrected chi connectivity index (χ3v) is 3.69. The van der Waals surface area contributed by atoms with E-state index in [1.54, 1.807) is 4.90 Å². The van der Waals surface area contributed by atoms with Crippen LogP contribution in [0.15, 0.2) is 0 Å². The number of hydrogen-bond donors (Lipinski definition) is 1. The molecule has 0 aromatic carbocycles. The number of nitrogens with one attached hydrogen (secondary N) is 1. The monoisotopic (exact) mass is 254 g/mol. The maximum Gasteiger partial charge on any atom is 0.243 e. The van der Waals surface area contributed by atoms with Crippen molar-refractivity contribution >= 4 is 11.8 Å². The molecule has 18 heavy (non-hydrogen) atoms. The van der Waals surface area contributed by atoms with E-state index in [0.29, 0.717) is 6.54 Å². The maximum atomic E-state index is 12.0. The lowest BCUT2D eigenvalue weighted by molar-refractivity contribution is -0.149. The molecule has 3 atom stereocenters. The number of nitrogens with zero attached hydrogens (tertiary/aromatic N) is 1. The molecular weight excluding hydrogens is 232 g/mol. The van der Waals surface area contributed by atoms with Gasteiger partial charge in [0.2, 0.25) is 11.8 Å². The van der Waals surface area contributed by atoms with Crippen molar-refractivity contribution in [1.29, 1.82) is 0 Å². The lowest BCUT2D eigenvalue weighted by Crippen LogP contribution is -2.61. The summed E-state index contributed by atoms with van der Waals surface area (Å²) in [5.41, 5.74) is 0. The Balaban J connectivity index is 2.06. The van der Waals surface area contributed by atoms with E-state index in [2.05, 4.69) is 5.32 Å². The Bertz CT molecular complexity index is 343. The zero-order valence-electron chi connectivity index (χ0n) is 11.3. The summed E-state index contributed by atoms with van der Waals surface area (Å²) in [6.45, 7) is 6.64. The maximum absolute atomic E-state index is 12.0. The molecule has 2 fully saturated rings. The summed E-state index contributed by atoms with van der Waals surface area (Å²) >= 11 is 0. The van der Waals surface area contributed by atoms with Gasteiger partial charge in [-0.05, 0) is 25.7 Å². The first-order valence-electron chi connectivity index (χ1n) is 6.71. The Morgan fingerprint density at radius 3 is 2.67 bits per heavy atom. The number of carbonyl (C=O) groups excluding carboxylic acids is 2. The van der Waals surface area contributed by atoms with Crippen LogP contribution in [0.4, 0.5) is 0 Å². The number of carbonyl (C=O) groups is 2. The van der Waals surface area contributed by atoms with Crippen molar-refractivity contribution in [3.05, 3.63) is 0 Å². The van der Waals surface area contributed by atoms with Crippen molar-refractivity contribution in [2.24, 2.45) is 5.92 Å². The van der Waals surface area contributed by atoms with Crippen molar-refractivity contribution < 1.29 is 14.3 Å². The molecule has 2 aliphatic rings. The van der Waals surface area contributed by atoms with E-state index < -0.39 is 0 Å². The summed E-state index contributed by atoms with van der Waals surface area (Å²) in [4.78, 5) is 25.6. The molecule has 0 aromatic heterocycles. The molecule has 2 rings (SSSR count). The van der Waals surface area contributed by atoms with Gasteiger partial charge in [0.1, 0.15) is 6.04 Å². The summed E-state index contributed by atoms with van der Waals surface area (Å²) < 4.78 is 5.75. The second-order valence-corrected chi connectivity index (χ2v) is 5.60. The first-order chi connectivity index (χ1) is 8.49. The molecule has 0 bridgehead atoms. The van der Waals surface area contributed by atoms with Gasteiger partial charge in [-0.3, -0.25) is 9.59 Å². The molecule has 0 aliphatic carbocycles. The summed E-state index contributed by atoms with van der Waals surface area (Å²) in [6, 6.07) is -0.356. The fraction of sp³-hybridized carbons (Fsp3) is 0.846. The second kappa shape index (κ2) is 5.26. The molecule has 0 saturated carbocycles. The van der Waals surface area contributed by atoms with Gasteiger partial charge < -0.3 is 15.0 Å². The fourth-order valence-electron chi connectivity index (χ4n) is 2.78. The van der Waals surface area contributed by atoms with Crippen LogP contribution in [0, 0.1) is 5.92 Å². The minimum absolute atomic E-state index is 0.00328. The second-order valence-electron chi connectivity index (χ2n) is 5.60. The van der Waals surface area contributed by atoms with Crippen molar-refractivity contribution in [3.8, 4) is 0 Å². The Labute approximate surface area is 108 Å². The van der Waals surface area contributed by atoms with Crippen molar-refractivity contribution in [2.75, 3.05) is 13.1 Å². The highest BCUT2D eigenvalue weighted by Crippen LogP contribution is 2.23. The first-order valence-corrected chi connectivity index (χ1v) is 6.71. The van der Waals surface area contributed by atoms with Gasteiger partial charge in [-0.25, -0.2) is 0 Å². The molecule has 0 spiro atoms. The largest absolute Gasteiger partial charge is 0.373 e. The van der Waals surface area contributed by atoms with Gasteiger partial charge in [0, 0.05) is 6.54 Å². The molecule has 2 saturated heterocycles.